The van der Waals surface area contributed by atoms with E-state index in [1.165, 1.54) is 13.2 Å². The Labute approximate surface area is 104 Å². The van der Waals surface area contributed by atoms with Gasteiger partial charge in [-0.25, -0.2) is 8.42 Å². The van der Waals surface area contributed by atoms with Crippen LogP contribution in [-0.4, -0.2) is 25.2 Å². The Bertz CT molecular complexity index is 414. The molecule has 0 aliphatic heterocycles. The molecule has 0 bridgehead atoms. The summed E-state index contributed by atoms with van der Waals surface area (Å²) in [6.07, 6.45) is 0. The predicted octanol–water partition coefficient (Wildman–Crippen LogP) is -2.69. The number of aromatic hydroxyl groups is 1. The Kier molecular flexibility index (Phi) is 4.90. The van der Waals surface area contributed by atoms with Crippen LogP contribution in [0.15, 0.2) is 23.1 Å². The molecule has 0 saturated carbocycles. The van der Waals surface area contributed by atoms with Crippen LogP contribution in [0.1, 0.15) is 0 Å². The zero-order valence-electron chi connectivity index (χ0n) is 7.72. The standard InChI is InChI=1S/C7H8O5S.Na/c1-12-5-2-3-6(8)7(4-5)13(9,10)11;/h2-4,8H,1H3,(H,9,10,11);/q;+1/p-1. The van der Waals surface area contributed by atoms with Gasteiger partial charge < -0.3 is 14.4 Å². The molecule has 0 amide bonds. The second kappa shape index (κ2) is 4.99. The van der Waals surface area contributed by atoms with E-state index in [4.69, 9.17) is 9.84 Å². The number of phenolic OH excluding ortho intramolecular Hbond substituents is 1. The summed E-state index contributed by atoms with van der Waals surface area (Å²) in [6.45, 7) is 0. The fourth-order valence-electron chi connectivity index (χ4n) is 0.822. The first-order valence-corrected chi connectivity index (χ1v) is 4.69. The van der Waals surface area contributed by atoms with Crippen LogP contribution in [0.25, 0.3) is 0 Å². The number of hydrogen-bond donors (Lipinski definition) is 1. The zero-order chi connectivity index (χ0) is 10.1. The number of benzene rings is 1. The van der Waals surface area contributed by atoms with Gasteiger partial charge in [-0.2, -0.15) is 0 Å². The molecule has 5 nitrogen and oxygen atoms in total. The average Bonchev–Trinajstić information content (AvgIpc) is 2.03. The summed E-state index contributed by atoms with van der Waals surface area (Å²) < 4.78 is 36.3. The molecule has 0 saturated heterocycles. The SMILES string of the molecule is COc1ccc(O)c(S(=O)(=O)[O-])c1.[Na+]. The van der Waals surface area contributed by atoms with E-state index in [0.29, 0.717) is 0 Å². The molecule has 0 radical (unpaired) electrons. The Morgan fingerprint density at radius 2 is 2.00 bits per heavy atom. The van der Waals surface area contributed by atoms with Crippen molar-refractivity contribution in [2.24, 2.45) is 0 Å². The Morgan fingerprint density at radius 3 is 2.43 bits per heavy atom. The van der Waals surface area contributed by atoms with Gasteiger partial charge in [-0.1, -0.05) is 0 Å². The minimum atomic E-state index is -4.65. The molecule has 1 N–H and O–H groups in total. The molecule has 0 unspecified atom stereocenters. The third kappa shape index (κ3) is 3.14. The average molecular weight is 226 g/mol. The third-order valence-electron chi connectivity index (χ3n) is 1.44. The van der Waals surface area contributed by atoms with Gasteiger partial charge in [-0.3, -0.25) is 0 Å². The van der Waals surface area contributed by atoms with Gasteiger partial charge in [0.15, 0.2) is 0 Å². The largest absolute Gasteiger partial charge is 1.00 e. The van der Waals surface area contributed by atoms with Crippen LogP contribution in [0.4, 0.5) is 0 Å². The van der Waals surface area contributed by atoms with Gasteiger partial charge in [-0.15, -0.1) is 0 Å². The predicted molar refractivity (Wildman–Crippen MR) is 42.6 cm³/mol. The molecule has 0 fully saturated rings. The van der Waals surface area contributed by atoms with Gasteiger partial charge in [0.25, 0.3) is 0 Å². The quantitative estimate of drug-likeness (QED) is 0.438. The van der Waals surface area contributed by atoms with Gasteiger partial charge in [0.1, 0.15) is 21.6 Å². The maximum Gasteiger partial charge on any atom is 1.00 e. The van der Waals surface area contributed by atoms with Gasteiger partial charge in [0, 0.05) is 6.07 Å². The first-order chi connectivity index (χ1) is 5.95. The number of ether oxygens (including phenoxy) is 1. The summed E-state index contributed by atoms with van der Waals surface area (Å²) in [7, 11) is -3.32. The van der Waals surface area contributed by atoms with Crippen molar-refractivity contribution < 1.29 is 52.4 Å². The van der Waals surface area contributed by atoms with Crippen molar-refractivity contribution in [1.82, 2.24) is 0 Å². The number of phenols is 1. The second-order valence-corrected chi connectivity index (χ2v) is 3.64. The monoisotopic (exact) mass is 226 g/mol. The summed E-state index contributed by atoms with van der Waals surface area (Å²) in [4.78, 5) is -0.674. The summed E-state index contributed by atoms with van der Waals surface area (Å²) in [5, 5.41) is 9.03. The minimum Gasteiger partial charge on any atom is -0.744 e. The van der Waals surface area contributed by atoms with Crippen LogP contribution in [0, 0.1) is 0 Å². The Hall–Kier alpha value is -0.270. The van der Waals surface area contributed by atoms with E-state index in [2.05, 4.69) is 0 Å². The third-order valence-corrected chi connectivity index (χ3v) is 2.30. The van der Waals surface area contributed by atoms with E-state index in [1.54, 1.807) is 0 Å². The van der Waals surface area contributed by atoms with Crippen LogP contribution in [0.2, 0.25) is 0 Å². The zero-order valence-corrected chi connectivity index (χ0v) is 10.5. The fraction of sp³-hybridized carbons (Fsp3) is 0.143. The van der Waals surface area contributed by atoms with Crippen LogP contribution in [-0.2, 0) is 10.1 Å². The molecule has 14 heavy (non-hydrogen) atoms. The topological polar surface area (TPSA) is 86.7 Å². The van der Waals surface area contributed by atoms with Crippen molar-refractivity contribution in [2.75, 3.05) is 7.11 Å². The number of rotatable bonds is 2. The van der Waals surface area contributed by atoms with Crippen LogP contribution in [0.5, 0.6) is 11.5 Å². The molecule has 0 aliphatic carbocycles. The smallest absolute Gasteiger partial charge is 0.744 e. The summed E-state index contributed by atoms with van der Waals surface area (Å²) in [5.74, 6) is -0.372. The molecule has 1 aromatic carbocycles. The molecule has 0 spiro atoms. The molecular formula is C7H7NaO5S. The Morgan fingerprint density at radius 1 is 1.43 bits per heavy atom. The molecule has 0 aliphatic rings. The summed E-state index contributed by atoms with van der Waals surface area (Å²) in [6, 6.07) is 3.41. The van der Waals surface area contributed by atoms with Crippen molar-refractivity contribution >= 4 is 10.1 Å². The van der Waals surface area contributed by atoms with Gasteiger partial charge in [-0.05, 0) is 12.1 Å². The molecule has 0 heterocycles. The molecular weight excluding hydrogens is 219 g/mol. The van der Waals surface area contributed by atoms with E-state index in [9.17, 15) is 13.0 Å². The maximum absolute atomic E-state index is 10.6. The molecule has 1 aromatic rings. The van der Waals surface area contributed by atoms with E-state index in [-0.39, 0.29) is 35.3 Å². The minimum absolute atomic E-state index is 0. The number of methoxy groups -OCH3 is 1. The summed E-state index contributed by atoms with van der Waals surface area (Å²) in [5.41, 5.74) is 0. The first-order valence-electron chi connectivity index (χ1n) is 3.28. The van der Waals surface area contributed by atoms with E-state index < -0.39 is 20.8 Å². The normalized spacial score (nSPS) is 10.4. The van der Waals surface area contributed by atoms with Crippen molar-refractivity contribution in [1.29, 1.82) is 0 Å². The van der Waals surface area contributed by atoms with Gasteiger partial charge >= 0.3 is 29.6 Å². The molecule has 72 valence electrons. The van der Waals surface area contributed by atoms with Crippen LogP contribution in [0.3, 0.4) is 0 Å². The van der Waals surface area contributed by atoms with Crippen molar-refractivity contribution in [2.45, 2.75) is 4.90 Å². The van der Waals surface area contributed by atoms with E-state index >= 15 is 0 Å². The van der Waals surface area contributed by atoms with Crippen molar-refractivity contribution in [3.63, 3.8) is 0 Å². The molecule has 0 atom stereocenters. The molecule has 1 rings (SSSR count). The second-order valence-electron chi connectivity index (χ2n) is 2.29. The van der Waals surface area contributed by atoms with Crippen LogP contribution < -0.4 is 34.3 Å². The Balaban J connectivity index is 0.00000169. The van der Waals surface area contributed by atoms with E-state index in [1.807, 2.05) is 0 Å². The van der Waals surface area contributed by atoms with Crippen molar-refractivity contribution in [3.05, 3.63) is 18.2 Å². The number of hydrogen-bond acceptors (Lipinski definition) is 5. The van der Waals surface area contributed by atoms with E-state index in [0.717, 1.165) is 12.1 Å². The fourth-order valence-corrected chi connectivity index (χ4v) is 1.41. The van der Waals surface area contributed by atoms with Crippen LogP contribution >= 0.6 is 0 Å². The maximum atomic E-state index is 10.6. The van der Waals surface area contributed by atoms with Gasteiger partial charge in [0.05, 0.1) is 12.0 Å². The first kappa shape index (κ1) is 13.7. The van der Waals surface area contributed by atoms with Crippen molar-refractivity contribution in [3.8, 4) is 11.5 Å². The molecule has 0 aromatic heterocycles. The molecule has 7 heteroatoms. The summed E-state index contributed by atoms with van der Waals surface area (Å²) >= 11 is 0. The van der Waals surface area contributed by atoms with Gasteiger partial charge in [0.2, 0.25) is 0 Å².